The van der Waals surface area contributed by atoms with Crippen molar-refractivity contribution >= 4 is 0 Å². The molecule has 0 aliphatic heterocycles. The zero-order chi connectivity index (χ0) is 18.9. The Morgan fingerprint density at radius 1 is 0.889 bits per heavy atom. The number of hydrogen-bond donors (Lipinski definition) is 0. The molecule has 3 heteroatoms. The molecule has 1 aromatic heterocycles. The summed E-state index contributed by atoms with van der Waals surface area (Å²) in [5, 5.41) is 8.88. The van der Waals surface area contributed by atoms with E-state index >= 15 is 0 Å². The van der Waals surface area contributed by atoms with Crippen LogP contribution in [-0.2, 0) is 12.8 Å². The molecule has 2 aromatic carbocycles. The fourth-order valence-corrected chi connectivity index (χ4v) is 2.83. The zero-order valence-corrected chi connectivity index (χ0v) is 15.7. The molecule has 136 valence electrons. The third-order valence-corrected chi connectivity index (χ3v) is 4.53. The number of benzene rings is 2. The Morgan fingerprint density at radius 3 is 2.22 bits per heavy atom. The summed E-state index contributed by atoms with van der Waals surface area (Å²) in [6.45, 7) is 2.95. The summed E-state index contributed by atoms with van der Waals surface area (Å²) in [6, 6.07) is 22.2. The van der Waals surface area contributed by atoms with E-state index in [9.17, 15) is 0 Å². The molecule has 0 spiro atoms. The first-order valence-electron chi connectivity index (χ1n) is 9.45. The van der Waals surface area contributed by atoms with Gasteiger partial charge in [0.05, 0.1) is 23.9 Å². The molecule has 0 amide bonds. The number of aromatic nitrogens is 1. The lowest BCUT2D eigenvalue weighted by Gasteiger charge is -2.07. The van der Waals surface area contributed by atoms with E-state index in [0.717, 1.165) is 49.3 Å². The molecule has 0 saturated heterocycles. The van der Waals surface area contributed by atoms with Gasteiger partial charge in [-0.1, -0.05) is 43.7 Å². The second-order valence-corrected chi connectivity index (χ2v) is 6.59. The zero-order valence-electron chi connectivity index (χ0n) is 15.7. The molecule has 0 atom stereocenters. The van der Waals surface area contributed by atoms with Crippen molar-refractivity contribution in [2.24, 2.45) is 0 Å². The smallest absolute Gasteiger partial charge is 0.119 e. The summed E-state index contributed by atoms with van der Waals surface area (Å²) < 4.78 is 5.71. The number of hydrogen-bond acceptors (Lipinski definition) is 3. The third kappa shape index (κ3) is 5.43. The second-order valence-electron chi connectivity index (χ2n) is 6.59. The average molecular weight is 356 g/mol. The lowest BCUT2D eigenvalue weighted by molar-refractivity contribution is 0.309. The van der Waals surface area contributed by atoms with Crippen LogP contribution in [0.25, 0.3) is 11.3 Å². The highest BCUT2D eigenvalue weighted by Crippen LogP contribution is 2.19. The van der Waals surface area contributed by atoms with Crippen molar-refractivity contribution in [3.05, 3.63) is 83.6 Å². The van der Waals surface area contributed by atoms with Crippen LogP contribution in [0.5, 0.6) is 5.75 Å². The van der Waals surface area contributed by atoms with Crippen molar-refractivity contribution in [2.75, 3.05) is 6.61 Å². The van der Waals surface area contributed by atoms with Gasteiger partial charge < -0.3 is 4.74 Å². The summed E-state index contributed by atoms with van der Waals surface area (Å²) >= 11 is 0. The number of aryl methyl sites for hydroxylation is 2. The molecule has 27 heavy (non-hydrogen) atoms. The fourth-order valence-electron chi connectivity index (χ4n) is 2.83. The number of rotatable bonds is 8. The molecule has 0 unspecified atom stereocenters. The minimum atomic E-state index is 0.664. The minimum Gasteiger partial charge on any atom is -0.494 e. The second kappa shape index (κ2) is 9.54. The average Bonchev–Trinajstić information content (AvgIpc) is 2.74. The Bertz CT molecular complexity index is 876. The molecule has 0 aliphatic carbocycles. The first-order chi connectivity index (χ1) is 13.3. The maximum Gasteiger partial charge on any atom is 0.119 e. The van der Waals surface area contributed by atoms with Gasteiger partial charge >= 0.3 is 0 Å². The van der Waals surface area contributed by atoms with Gasteiger partial charge in [-0.05, 0) is 60.7 Å². The Kier molecular flexibility index (Phi) is 6.60. The van der Waals surface area contributed by atoms with Gasteiger partial charge in [0.2, 0.25) is 0 Å². The number of nitriles is 1. The Hall–Kier alpha value is -3.12. The van der Waals surface area contributed by atoms with Crippen LogP contribution in [-0.4, -0.2) is 11.6 Å². The van der Waals surface area contributed by atoms with Crippen molar-refractivity contribution in [2.45, 2.75) is 32.6 Å². The van der Waals surface area contributed by atoms with Gasteiger partial charge in [0, 0.05) is 11.8 Å². The summed E-state index contributed by atoms with van der Waals surface area (Å²) in [5.74, 6) is 0.945. The van der Waals surface area contributed by atoms with E-state index in [4.69, 9.17) is 10.00 Å². The fraction of sp³-hybridized carbons (Fsp3) is 0.250. The van der Waals surface area contributed by atoms with E-state index in [1.165, 1.54) is 11.1 Å². The van der Waals surface area contributed by atoms with Crippen molar-refractivity contribution in [3.8, 4) is 23.1 Å². The van der Waals surface area contributed by atoms with E-state index in [0.29, 0.717) is 5.56 Å². The SMILES string of the molecule is CCCCOc1ccc(CCc2ccc(-c3ccc(C#N)cc3)nc2)cc1. The number of nitrogens with zero attached hydrogens (tertiary/aromatic N) is 2. The van der Waals surface area contributed by atoms with Gasteiger partial charge in [0.1, 0.15) is 5.75 Å². The van der Waals surface area contributed by atoms with Crippen LogP contribution in [0.2, 0.25) is 0 Å². The molecule has 0 radical (unpaired) electrons. The number of ether oxygens (including phenoxy) is 1. The van der Waals surface area contributed by atoms with Crippen LogP contribution in [0, 0.1) is 11.3 Å². The molecule has 0 bridgehead atoms. The molecular formula is C24H24N2O. The summed E-state index contributed by atoms with van der Waals surface area (Å²) in [7, 11) is 0. The third-order valence-electron chi connectivity index (χ3n) is 4.53. The predicted molar refractivity (Wildman–Crippen MR) is 109 cm³/mol. The Balaban J connectivity index is 1.54. The monoisotopic (exact) mass is 356 g/mol. The lowest BCUT2D eigenvalue weighted by atomic mass is 10.0. The van der Waals surface area contributed by atoms with Crippen LogP contribution in [0.4, 0.5) is 0 Å². The van der Waals surface area contributed by atoms with E-state index < -0.39 is 0 Å². The molecule has 3 rings (SSSR count). The van der Waals surface area contributed by atoms with Crippen LogP contribution in [0.3, 0.4) is 0 Å². The minimum absolute atomic E-state index is 0.664. The first-order valence-corrected chi connectivity index (χ1v) is 9.45. The molecule has 1 heterocycles. The molecular weight excluding hydrogens is 332 g/mol. The topological polar surface area (TPSA) is 45.9 Å². The van der Waals surface area contributed by atoms with Gasteiger partial charge in [-0.3, -0.25) is 4.98 Å². The van der Waals surface area contributed by atoms with E-state index in [2.05, 4.69) is 48.3 Å². The molecule has 3 aromatic rings. The van der Waals surface area contributed by atoms with Crippen molar-refractivity contribution < 1.29 is 4.74 Å². The maximum absolute atomic E-state index is 8.88. The maximum atomic E-state index is 8.88. The quantitative estimate of drug-likeness (QED) is 0.495. The molecule has 0 fully saturated rings. The number of unbranched alkanes of at least 4 members (excludes halogenated alkanes) is 1. The van der Waals surface area contributed by atoms with Crippen LogP contribution in [0.15, 0.2) is 66.9 Å². The highest BCUT2D eigenvalue weighted by atomic mass is 16.5. The van der Waals surface area contributed by atoms with Crippen molar-refractivity contribution in [1.29, 1.82) is 5.26 Å². The normalized spacial score (nSPS) is 10.4. The van der Waals surface area contributed by atoms with Gasteiger partial charge in [0.15, 0.2) is 0 Å². The predicted octanol–water partition coefficient (Wildman–Crippen LogP) is 5.58. The van der Waals surface area contributed by atoms with Crippen molar-refractivity contribution in [1.82, 2.24) is 4.98 Å². The molecule has 3 nitrogen and oxygen atoms in total. The van der Waals surface area contributed by atoms with Gasteiger partial charge in [-0.2, -0.15) is 5.26 Å². The van der Waals surface area contributed by atoms with Gasteiger partial charge in [-0.15, -0.1) is 0 Å². The standard InChI is InChI=1S/C24H24N2O/c1-2-3-16-27-23-13-8-19(9-14-23)4-5-21-10-15-24(26-18-21)22-11-6-20(17-25)7-12-22/h6-15,18H,2-5,16H2,1H3. The van der Waals surface area contributed by atoms with Crippen molar-refractivity contribution in [3.63, 3.8) is 0 Å². The largest absolute Gasteiger partial charge is 0.494 e. The summed E-state index contributed by atoms with van der Waals surface area (Å²) in [6.07, 6.45) is 6.11. The highest BCUT2D eigenvalue weighted by molar-refractivity contribution is 5.60. The van der Waals surface area contributed by atoms with E-state index in [1.54, 1.807) is 0 Å². The molecule has 0 N–H and O–H groups in total. The Labute approximate surface area is 161 Å². The van der Waals surface area contributed by atoms with E-state index in [-0.39, 0.29) is 0 Å². The van der Waals surface area contributed by atoms with Gasteiger partial charge in [0.25, 0.3) is 0 Å². The summed E-state index contributed by atoms with van der Waals surface area (Å²) in [5.41, 5.74) is 5.14. The highest BCUT2D eigenvalue weighted by Gasteiger charge is 2.02. The van der Waals surface area contributed by atoms with Crippen LogP contribution in [0.1, 0.15) is 36.5 Å². The molecule has 0 aliphatic rings. The lowest BCUT2D eigenvalue weighted by Crippen LogP contribution is -1.97. The number of pyridine rings is 1. The summed E-state index contributed by atoms with van der Waals surface area (Å²) in [4.78, 5) is 4.57. The molecule has 0 saturated carbocycles. The Morgan fingerprint density at radius 2 is 1.59 bits per heavy atom. The first kappa shape index (κ1) is 18.7. The van der Waals surface area contributed by atoms with Crippen LogP contribution < -0.4 is 4.74 Å². The van der Waals surface area contributed by atoms with Gasteiger partial charge in [-0.25, -0.2) is 0 Å². The van der Waals surface area contributed by atoms with Crippen LogP contribution >= 0.6 is 0 Å². The van der Waals surface area contributed by atoms with E-state index in [1.807, 2.05) is 36.5 Å².